The van der Waals surface area contributed by atoms with Crippen molar-refractivity contribution in [2.75, 3.05) is 0 Å². The van der Waals surface area contributed by atoms with Crippen molar-refractivity contribution >= 4 is 0 Å². The highest BCUT2D eigenvalue weighted by Gasteiger charge is 2.13. The molecule has 0 radical (unpaired) electrons. The predicted octanol–water partition coefficient (Wildman–Crippen LogP) is 2.95. The molecule has 0 fully saturated rings. The van der Waals surface area contributed by atoms with E-state index in [0.717, 1.165) is 0 Å². The van der Waals surface area contributed by atoms with E-state index < -0.39 is 6.43 Å². The topological polar surface area (TPSA) is 20.2 Å². The fourth-order valence-electron chi connectivity index (χ4n) is 1.09. The van der Waals surface area contributed by atoms with Crippen LogP contribution in [0.1, 0.15) is 23.1 Å². The van der Waals surface area contributed by atoms with Crippen LogP contribution in [0.3, 0.4) is 0 Å². The van der Waals surface area contributed by atoms with E-state index in [-0.39, 0.29) is 16.9 Å². The van der Waals surface area contributed by atoms with Gasteiger partial charge in [0.2, 0.25) is 0 Å². The van der Waals surface area contributed by atoms with Crippen molar-refractivity contribution in [3.05, 3.63) is 28.8 Å². The van der Waals surface area contributed by atoms with Crippen molar-refractivity contribution in [2.45, 2.75) is 20.3 Å². The maximum atomic E-state index is 12.3. The number of rotatable bonds is 1. The molecule has 0 unspecified atom stereocenters. The van der Waals surface area contributed by atoms with Crippen LogP contribution in [0.25, 0.3) is 0 Å². The number of phenols is 1. The Morgan fingerprint density at radius 2 is 1.83 bits per heavy atom. The van der Waals surface area contributed by atoms with Crippen molar-refractivity contribution in [3.8, 4) is 5.75 Å². The Labute approximate surface area is 69.7 Å². The minimum Gasteiger partial charge on any atom is -0.508 e. The van der Waals surface area contributed by atoms with Crippen LogP contribution in [-0.2, 0) is 0 Å². The Balaban J connectivity index is 3.28. The average Bonchev–Trinajstić information content (AvgIpc) is 1.96. The third kappa shape index (κ3) is 1.55. The lowest BCUT2D eigenvalue weighted by atomic mass is 10.1. The van der Waals surface area contributed by atoms with Gasteiger partial charge in [0.05, 0.1) is 0 Å². The summed E-state index contributed by atoms with van der Waals surface area (Å²) in [6.07, 6.45) is -2.52. The molecule has 12 heavy (non-hydrogen) atoms. The van der Waals surface area contributed by atoms with E-state index in [4.69, 9.17) is 0 Å². The van der Waals surface area contributed by atoms with Crippen molar-refractivity contribution < 1.29 is 13.9 Å². The maximum Gasteiger partial charge on any atom is 0.264 e. The number of phenolic OH excluding ortho intramolecular Hbond substituents is 1. The first-order chi connectivity index (χ1) is 5.52. The second-order valence-corrected chi connectivity index (χ2v) is 2.80. The molecule has 0 aliphatic heterocycles. The standard InChI is InChI=1S/C9H10F2O/c1-5-3-7(9(10)11)6(2)8(12)4-5/h3-4,9,12H,1-2H3. The van der Waals surface area contributed by atoms with Crippen LogP contribution in [0.4, 0.5) is 8.78 Å². The molecule has 66 valence electrons. The van der Waals surface area contributed by atoms with Crippen LogP contribution in [0.2, 0.25) is 0 Å². The lowest BCUT2D eigenvalue weighted by molar-refractivity contribution is 0.150. The summed E-state index contributed by atoms with van der Waals surface area (Å²) in [5, 5.41) is 9.20. The highest BCUT2D eigenvalue weighted by atomic mass is 19.3. The van der Waals surface area contributed by atoms with Crippen molar-refractivity contribution in [1.29, 1.82) is 0 Å². The molecule has 1 N–H and O–H groups in total. The summed E-state index contributed by atoms with van der Waals surface area (Å²) in [4.78, 5) is 0. The van der Waals surface area contributed by atoms with Gasteiger partial charge in [-0.15, -0.1) is 0 Å². The van der Waals surface area contributed by atoms with Crippen LogP contribution in [0.15, 0.2) is 12.1 Å². The lowest BCUT2D eigenvalue weighted by Crippen LogP contribution is -1.91. The highest BCUT2D eigenvalue weighted by molar-refractivity contribution is 5.42. The number of hydrogen-bond donors (Lipinski definition) is 1. The molecule has 0 atom stereocenters. The van der Waals surface area contributed by atoms with Gasteiger partial charge in [0.25, 0.3) is 6.43 Å². The van der Waals surface area contributed by atoms with Crippen LogP contribution < -0.4 is 0 Å². The first-order valence-corrected chi connectivity index (χ1v) is 3.60. The minimum absolute atomic E-state index is 0.0645. The first kappa shape index (κ1) is 8.97. The zero-order valence-electron chi connectivity index (χ0n) is 6.94. The Kier molecular flexibility index (Phi) is 2.31. The van der Waals surface area contributed by atoms with Crippen molar-refractivity contribution in [1.82, 2.24) is 0 Å². The van der Waals surface area contributed by atoms with E-state index in [9.17, 15) is 13.9 Å². The van der Waals surface area contributed by atoms with Gasteiger partial charge in [-0.2, -0.15) is 0 Å². The smallest absolute Gasteiger partial charge is 0.264 e. The third-order valence-electron chi connectivity index (χ3n) is 1.80. The van der Waals surface area contributed by atoms with E-state index in [1.807, 2.05) is 0 Å². The highest BCUT2D eigenvalue weighted by Crippen LogP contribution is 2.29. The Hall–Kier alpha value is -1.12. The molecule has 0 amide bonds. The quantitative estimate of drug-likeness (QED) is 0.690. The molecule has 0 saturated heterocycles. The second kappa shape index (κ2) is 3.09. The molecule has 1 nitrogen and oxygen atoms in total. The summed E-state index contributed by atoms with van der Waals surface area (Å²) in [5.74, 6) is -0.0645. The monoisotopic (exact) mass is 172 g/mol. The zero-order chi connectivity index (χ0) is 9.30. The van der Waals surface area contributed by atoms with E-state index in [1.54, 1.807) is 6.92 Å². The normalized spacial score (nSPS) is 10.8. The number of hydrogen-bond acceptors (Lipinski definition) is 1. The Bertz CT molecular complexity index is 295. The molecular formula is C9H10F2O. The summed E-state index contributed by atoms with van der Waals surface area (Å²) in [6, 6.07) is 2.86. The number of aromatic hydroxyl groups is 1. The van der Waals surface area contributed by atoms with Crippen LogP contribution in [-0.4, -0.2) is 5.11 Å². The minimum atomic E-state index is -2.52. The Morgan fingerprint density at radius 1 is 1.25 bits per heavy atom. The van der Waals surface area contributed by atoms with Gasteiger partial charge in [-0.3, -0.25) is 0 Å². The van der Waals surface area contributed by atoms with E-state index >= 15 is 0 Å². The largest absolute Gasteiger partial charge is 0.508 e. The fourth-order valence-corrected chi connectivity index (χ4v) is 1.09. The van der Waals surface area contributed by atoms with Crippen LogP contribution in [0, 0.1) is 13.8 Å². The van der Waals surface area contributed by atoms with Crippen LogP contribution in [0.5, 0.6) is 5.75 Å². The number of halogens is 2. The predicted molar refractivity (Wildman–Crippen MR) is 42.5 cm³/mol. The lowest BCUT2D eigenvalue weighted by Gasteiger charge is -2.07. The molecule has 0 aliphatic rings. The molecule has 0 aromatic heterocycles. The summed E-state index contributed by atoms with van der Waals surface area (Å²) in [6.45, 7) is 3.15. The summed E-state index contributed by atoms with van der Waals surface area (Å²) in [7, 11) is 0. The molecule has 0 bridgehead atoms. The van der Waals surface area contributed by atoms with E-state index in [1.165, 1.54) is 19.1 Å². The van der Waals surface area contributed by atoms with Gasteiger partial charge >= 0.3 is 0 Å². The average molecular weight is 172 g/mol. The van der Waals surface area contributed by atoms with Gasteiger partial charge in [0.15, 0.2) is 0 Å². The van der Waals surface area contributed by atoms with Gasteiger partial charge < -0.3 is 5.11 Å². The van der Waals surface area contributed by atoms with Crippen molar-refractivity contribution in [2.24, 2.45) is 0 Å². The van der Waals surface area contributed by atoms with Gasteiger partial charge in [-0.25, -0.2) is 8.78 Å². The Morgan fingerprint density at radius 3 is 2.33 bits per heavy atom. The van der Waals surface area contributed by atoms with Gasteiger partial charge in [0.1, 0.15) is 5.75 Å². The fraction of sp³-hybridized carbons (Fsp3) is 0.333. The van der Waals surface area contributed by atoms with Gasteiger partial charge in [-0.05, 0) is 37.1 Å². The number of aryl methyl sites for hydroxylation is 1. The molecule has 1 aromatic carbocycles. The van der Waals surface area contributed by atoms with Gasteiger partial charge in [0, 0.05) is 5.56 Å². The number of alkyl halides is 2. The summed E-state index contributed by atoms with van der Waals surface area (Å²) in [5.41, 5.74) is 0.816. The summed E-state index contributed by atoms with van der Waals surface area (Å²) >= 11 is 0. The molecule has 0 aliphatic carbocycles. The maximum absolute atomic E-state index is 12.3. The molecule has 1 rings (SSSR count). The number of benzene rings is 1. The molecule has 3 heteroatoms. The van der Waals surface area contributed by atoms with E-state index in [0.29, 0.717) is 5.56 Å². The van der Waals surface area contributed by atoms with Crippen molar-refractivity contribution in [3.63, 3.8) is 0 Å². The SMILES string of the molecule is Cc1cc(O)c(C)c(C(F)F)c1. The summed E-state index contributed by atoms with van der Waals surface area (Å²) < 4.78 is 24.6. The molecule has 0 spiro atoms. The van der Waals surface area contributed by atoms with Gasteiger partial charge in [-0.1, -0.05) is 0 Å². The molecule has 0 heterocycles. The zero-order valence-corrected chi connectivity index (χ0v) is 6.94. The molecule has 1 aromatic rings. The second-order valence-electron chi connectivity index (χ2n) is 2.80. The first-order valence-electron chi connectivity index (χ1n) is 3.60. The molecular weight excluding hydrogens is 162 g/mol. The molecule has 0 saturated carbocycles. The van der Waals surface area contributed by atoms with Crippen LogP contribution >= 0.6 is 0 Å². The third-order valence-corrected chi connectivity index (χ3v) is 1.80. The van der Waals surface area contributed by atoms with E-state index in [2.05, 4.69) is 0 Å².